The lowest BCUT2D eigenvalue weighted by atomic mass is 9.76. The molecule has 0 N–H and O–H groups in total. The first-order chi connectivity index (χ1) is 15.0. The molecule has 0 bridgehead atoms. The largest absolute Gasteiger partial charge is 0.272 e. The molecule has 2 aromatic carbocycles. The molecule has 1 amide bonds. The van der Waals surface area contributed by atoms with Gasteiger partial charge in [0.1, 0.15) is 5.92 Å². The van der Waals surface area contributed by atoms with Crippen molar-refractivity contribution in [2.24, 2.45) is 16.9 Å². The van der Waals surface area contributed by atoms with E-state index in [9.17, 15) is 15.3 Å². The predicted molar refractivity (Wildman–Crippen MR) is 123 cm³/mol. The van der Waals surface area contributed by atoms with Gasteiger partial charge in [0.05, 0.1) is 23.8 Å². The first kappa shape index (κ1) is 20.9. The average Bonchev–Trinajstić information content (AvgIpc) is 3.38. The van der Waals surface area contributed by atoms with Crippen LogP contribution in [0, 0.1) is 34.5 Å². The summed E-state index contributed by atoms with van der Waals surface area (Å²) >= 11 is 4.73. The van der Waals surface area contributed by atoms with Gasteiger partial charge in [-0.15, -0.1) is 11.3 Å². The maximum Gasteiger partial charge on any atom is 0.259 e. The van der Waals surface area contributed by atoms with Crippen LogP contribution in [-0.4, -0.2) is 16.6 Å². The summed E-state index contributed by atoms with van der Waals surface area (Å²) < 4.78 is 0.876. The zero-order chi connectivity index (χ0) is 22.0. The summed E-state index contributed by atoms with van der Waals surface area (Å²) in [5, 5.41) is 27.3. The number of amides is 1. The molecule has 1 aliphatic rings. The molecule has 8 heteroatoms. The Balaban J connectivity index is 1.69. The summed E-state index contributed by atoms with van der Waals surface area (Å²) in [6.07, 6.45) is 0. The van der Waals surface area contributed by atoms with Crippen molar-refractivity contribution in [3.63, 3.8) is 0 Å². The third kappa shape index (κ3) is 4.00. The fourth-order valence-electron chi connectivity index (χ4n) is 3.69. The van der Waals surface area contributed by atoms with Gasteiger partial charge in [0.15, 0.2) is 0 Å². The molecule has 0 unspecified atom stereocenters. The normalized spacial score (nSPS) is 16.7. The maximum atomic E-state index is 13.4. The van der Waals surface area contributed by atoms with Crippen molar-refractivity contribution in [2.75, 3.05) is 5.01 Å². The Labute approximate surface area is 192 Å². The monoisotopic (exact) mass is 489 g/mol. The van der Waals surface area contributed by atoms with Crippen molar-refractivity contribution in [1.82, 2.24) is 4.98 Å². The lowest BCUT2D eigenvalue weighted by molar-refractivity contribution is -0.120. The highest BCUT2D eigenvalue weighted by molar-refractivity contribution is 9.10. The lowest BCUT2D eigenvalue weighted by Crippen LogP contribution is -2.34. The minimum atomic E-state index is -0.989. The van der Waals surface area contributed by atoms with Crippen molar-refractivity contribution in [3.05, 3.63) is 70.0 Å². The minimum Gasteiger partial charge on any atom is -0.272 e. The summed E-state index contributed by atoms with van der Waals surface area (Å²) in [5.41, 5.74) is 3.02. The second-order valence-corrected chi connectivity index (χ2v) is 8.82. The smallest absolute Gasteiger partial charge is 0.259 e. The topological polar surface area (TPSA) is 93.1 Å². The molecule has 3 aromatic rings. The minimum absolute atomic E-state index is 0.283. The van der Waals surface area contributed by atoms with Gasteiger partial charge in [0, 0.05) is 27.0 Å². The number of hydrogen-bond donors (Lipinski definition) is 0. The Hall–Kier alpha value is -3.33. The van der Waals surface area contributed by atoms with Crippen molar-refractivity contribution in [1.29, 1.82) is 10.5 Å². The van der Waals surface area contributed by atoms with Gasteiger partial charge in [-0.25, -0.2) is 4.98 Å². The van der Waals surface area contributed by atoms with Gasteiger partial charge in [-0.1, -0.05) is 58.4 Å². The van der Waals surface area contributed by atoms with Gasteiger partial charge in [-0.3, -0.25) is 4.79 Å². The SMILES string of the molecule is CC1=NN(c2nc(-c3ccccc3)cs2)C(=O)[C@H]1[C@H](c1ccc(Br)cc1)C(C#N)C#N. The molecule has 0 fully saturated rings. The molecule has 4 rings (SSSR count). The van der Waals surface area contributed by atoms with Crippen LogP contribution in [0.3, 0.4) is 0 Å². The van der Waals surface area contributed by atoms with Crippen LogP contribution in [-0.2, 0) is 4.79 Å². The Morgan fingerprint density at radius 2 is 1.77 bits per heavy atom. The van der Waals surface area contributed by atoms with Gasteiger partial charge in [0.25, 0.3) is 5.91 Å². The first-order valence-corrected chi connectivity index (χ1v) is 11.2. The molecule has 0 radical (unpaired) electrons. The Morgan fingerprint density at radius 1 is 1.10 bits per heavy atom. The zero-order valence-electron chi connectivity index (χ0n) is 16.4. The quantitative estimate of drug-likeness (QED) is 0.482. The molecule has 0 saturated carbocycles. The Kier molecular flexibility index (Phi) is 5.94. The highest BCUT2D eigenvalue weighted by Gasteiger charge is 2.45. The molecule has 2 atom stereocenters. The predicted octanol–water partition coefficient (Wildman–Crippen LogP) is 5.36. The van der Waals surface area contributed by atoms with Crippen molar-refractivity contribution >= 4 is 44.0 Å². The molecule has 0 saturated heterocycles. The standard InChI is InChI=1S/C23H16BrN5OS/c1-14-20(21(17(11-25)12-26)16-7-9-18(24)10-8-16)22(30)29(28-14)23-27-19(13-31-23)15-5-3-2-4-6-15/h2-10,13,17,20-21H,1H3/t20-,21-/m1/s1. The van der Waals surface area contributed by atoms with Crippen LogP contribution in [0.1, 0.15) is 18.4 Å². The van der Waals surface area contributed by atoms with Crippen LogP contribution in [0.4, 0.5) is 5.13 Å². The summed E-state index contributed by atoms with van der Waals surface area (Å²) in [5.74, 6) is -2.61. The van der Waals surface area contributed by atoms with Crippen LogP contribution in [0.15, 0.2) is 69.6 Å². The summed E-state index contributed by atoms with van der Waals surface area (Å²) in [4.78, 5) is 18.0. The van der Waals surface area contributed by atoms with Gasteiger partial charge in [-0.2, -0.15) is 20.6 Å². The van der Waals surface area contributed by atoms with Crippen LogP contribution >= 0.6 is 27.3 Å². The molecule has 0 spiro atoms. The zero-order valence-corrected chi connectivity index (χ0v) is 18.8. The summed E-state index contributed by atoms with van der Waals surface area (Å²) in [7, 11) is 0. The van der Waals surface area contributed by atoms with E-state index in [1.165, 1.54) is 16.3 Å². The lowest BCUT2D eigenvalue weighted by Gasteiger charge is -2.24. The van der Waals surface area contributed by atoms with E-state index in [4.69, 9.17) is 0 Å². The molecule has 31 heavy (non-hydrogen) atoms. The van der Waals surface area contributed by atoms with E-state index in [1.807, 2.05) is 60.0 Å². The number of thiazole rings is 1. The second-order valence-electron chi connectivity index (χ2n) is 7.06. The first-order valence-electron chi connectivity index (χ1n) is 9.48. The van der Waals surface area contributed by atoms with Gasteiger partial charge >= 0.3 is 0 Å². The van der Waals surface area contributed by atoms with Gasteiger partial charge in [-0.05, 0) is 24.6 Å². The number of nitriles is 2. The number of hydrazone groups is 1. The van der Waals surface area contributed by atoms with Crippen LogP contribution in [0.5, 0.6) is 0 Å². The van der Waals surface area contributed by atoms with Crippen LogP contribution in [0.2, 0.25) is 0 Å². The van der Waals surface area contributed by atoms with Crippen molar-refractivity contribution in [3.8, 4) is 23.4 Å². The molecule has 2 heterocycles. The maximum absolute atomic E-state index is 13.4. The number of aromatic nitrogens is 1. The fraction of sp³-hybridized carbons (Fsp3) is 0.174. The number of nitrogens with zero attached hydrogens (tertiary/aromatic N) is 5. The number of hydrogen-bond acceptors (Lipinski definition) is 6. The van der Waals surface area contributed by atoms with E-state index < -0.39 is 17.8 Å². The van der Waals surface area contributed by atoms with E-state index in [-0.39, 0.29) is 5.91 Å². The number of halogens is 1. The Morgan fingerprint density at radius 3 is 2.42 bits per heavy atom. The number of rotatable bonds is 5. The number of carbonyl (C=O) groups excluding carboxylic acids is 1. The third-order valence-corrected chi connectivity index (χ3v) is 6.52. The molecule has 1 aromatic heterocycles. The summed E-state index contributed by atoms with van der Waals surface area (Å²) in [6, 6.07) is 21.1. The van der Waals surface area contributed by atoms with E-state index in [1.54, 1.807) is 6.92 Å². The van der Waals surface area contributed by atoms with E-state index in [0.29, 0.717) is 10.8 Å². The molecular formula is C23H16BrN5OS. The van der Waals surface area contributed by atoms with Crippen LogP contribution < -0.4 is 5.01 Å². The summed E-state index contributed by atoms with van der Waals surface area (Å²) in [6.45, 7) is 1.76. The highest BCUT2D eigenvalue weighted by Crippen LogP contribution is 2.40. The van der Waals surface area contributed by atoms with E-state index in [0.717, 1.165) is 21.3 Å². The van der Waals surface area contributed by atoms with Gasteiger partial charge in [0.2, 0.25) is 5.13 Å². The number of benzene rings is 2. The van der Waals surface area contributed by atoms with Crippen molar-refractivity contribution in [2.45, 2.75) is 12.8 Å². The third-order valence-electron chi connectivity index (χ3n) is 5.18. The fourth-order valence-corrected chi connectivity index (χ4v) is 4.74. The second kappa shape index (κ2) is 8.81. The van der Waals surface area contributed by atoms with E-state index in [2.05, 4.69) is 38.2 Å². The van der Waals surface area contributed by atoms with Crippen LogP contribution in [0.25, 0.3) is 11.3 Å². The van der Waals surface area contributed by atoms with Gasteiger partial charge < -0.3 is 0 Å². The Bertz CT molecular complexity index is 1210. The highest BCUT2D eigenvalue weighted by atomic mass is 79.9. The average molecular weight is 490 g/mol. The molecule has 6 nitrogen and oxygen atoms in total. The molecule has 152 valence electrons. The number of anilines is 1. The molecule has 0 aliphatic carbocycles. The molecule has 1 aliphatic heterocycles. The van der Waals surface area contributed by atoms with Crippen molar-refractivity contribution < 1.29 is 4.79 Å². The van der Waals surface area contributed by atoms with E-state index >= 15 is 0 Å². The molecular weight excluding hydrogens is 474 g/mol. The number of carbonyl (C=O) groups is 1.